The number of esters is 1. The van der Waals surface area contributed by atoms with Crippen LogP contribution in [0.2, 0.25) is 0 Å². The zero-order chi connectivity index (χ0) is 44.3. The molecule has 8 rings (SSSR count). The van der Waals surface area contributed by atoms with Crippen LogP contribution in [0.25, 0.3) is 27.8 Å². The highest BCUT2D eigenvalue weighted by Gasteiger charge is 2.29. The summed E-state index contributed by atoms with van der Waals surface area (Å²) in [6.07, 6.45) is 12.4. The second-order valence-electron chi connectivity index (χ2n) is 15.5. The number of nitrogens with zero attached hydrogens (tertiary/aromatic N) is 6. The smallest absolute Gasteiger partial charge is 0.337 e. The van der Waals surface area contributed by atoms with Gasteiger partial charge in [0, 0.05) is 69.0 Å². The van der Waals surface area contributed by atoms with Crippen LogP contribution >= 0.6 is 0 Å². The predicted octanol–water partition coefficient (Wildman–Crippen LogP) is 5.13. The molecule has 1 unspecified atom stereocenters. The summed E-state index contributed by atoms with van der Waals surface area (Å²) in [5.41, 5.74) is -0.814. The van der Waals surface area contributed by atoms with Gasteiger partial charge in [-0.1, -0.05) is 24.6 Å². The molecule has 0 radical (unpaired) electrons. The number of anilines is 1. The highest BCUT2D eigenvalue weighted by atomic mass is 32.2. The molecule has 1 aliphatic carbocycles. The highest BCUT2D eigenvalue weighted by Crippen LogP contribution is 2.28. The Kier molecular flexibility index (Phi) is 12.5. The van der Waals surface area contributed by atoms with Crippen LogP contribution in [0.4, 0.5) is 14.5 Å². The Morgan fingerprint density at radius 2 is 1.60 bits per heavy atom. The number of fused-ring (bicyclic) bond motifs is 1. The van der Waals surface area contributed by atoms with Crippen LogP contribution in [0.3, 0.4) is 0 Å². The molecule has 1 aliphatic heterocycles. The van der Waals surface area contributed by atoms with Gasteiger partial charge in [0.2, 0.25) is 0 Å². The number of hydrogen-bond acceptors (Lipinski definition) is 12. The normalized spacial score (nSPS) is 15.5. The number of nitrogens with one attached hydrogen (secondary N) is 2. The molecular weight excluding hydrogens is 839 g/mol. The lowest BCUT2D eigenvalue weighted by molar-refractivity contribution is -0.152. The molecule has 0 bridgehead atoms. The zero-order valence-corrected chi connectivity index (χ0v) is 34.8. The van der Waals surface area contributed by atoms with Crippen molar-refractivity contribution in [2.45, 2.75) is 74.3 Å². The van der Waals surface area contributed by atoms with Gasteiger partial charge in [-0.25, -0.2) is 46.3 Å². The number of amides is 1. The third-order valence-electron chi connectivity index (χ3n) is 11.3. The Labute approximate surface area is 359 Å². The molecule has 16 nitrogen and oxygen atoms in total. The highest BCUT2D eigenvalue weighted by molar-refractivity contribution is 7.92. The number of ether oxygens (including phenoxy) is 2. The molecule has 5 heterocycles. The maximum absolute atomic E-state index is 15.6. The first kappa shape index (κ1) is 42.9. The lowest BCUT2D eigenvalue weighted by atomic mass is 9.97. The molecule has 63 heavy (non-hydrogen) atoms. The molecule has 4 aromatic heterocycles. The summed E-state index contributed by atoms with van der Waals surface area (Å²) in [6, 6.07) is 9.75. The largest absolute Gasteiger partial charge is 0.461 e. The van der Waals surface area contributed by atoms with Crippen LogP contribution in [0.15, 0.2) is 100 Å². The number of aromatic nitrogens is 6. The van der Waals surface area contributed by atoms with Crippen molar-refractivity contribution in [3.63, 3.8) is 0 Å². The predicted molar refractivity (Wildman–Crippen MR) is 226 cm³/mol. The van der Waals surface area contributed by atoms with Gasteiger partial charge < -0.3 is 14.8 Å². The van der Waals surface area contributed by atoms with E-state index in [9.17, 15) is 27.6 Å². The molecule has 2 N–H and O–H groups in total. The number of halogens is 2. The second kappa shape index (κ2) is 18.3. The molecule has 1 atom stereocenters. The lowest BCUT2D eigenvalue weighted by Crippen LogP contribution is -2.45. The standard InChI is InChI=1S/C44H42F2N8O8S/c1-53-38-25-47-16-13-32(38)42(56)54(44(53)58)39-12-7-26(22-48-39)19-37(43(57)62-30-5-3-2-4-6-30)51-41(55)33-20-35(46)36(21-34(33)45)52-63(59,60)31-10-8-27(9-11-31)29-23-49-40(50-24-29)28-14-17-61-18-15-28/h7-13,16,20-25,28,30,37,52H,2-6,14-15,17-19H2,1H3,(H,51,55). The van der Waals surface area contributed by atoms with Gasteiger partial charge in [-0.15, -0.1) is 0 Å². The summed E-state index contributed by atoms with van der Waals surface area (Å²) in [6.45, 7) is 1.30. The number of aryl methyl sites for hydroxylation is 1. The van der Waals surface area contributed by atoms with Crippen LogP contribution in [0, 0.1) is 11.6 Å². The average Bonchev–Trinajstić information content (AvgIpc) is 3.30. The Hall–Kier alpha value is -6.73. The van der Waals surface area contributed by atoms with Crippen LogP contribution in [0.1, 0.15) is 72.6 Å². The summed E-state index contributed by atoms with van der Waals surface area (Å²) in [5, 5.41) is 2.69. The number of benzene rings is 2. The van der Waals surface area contributed by atoms with Crippen molar-refractivity contribution in [1.82, 2.24) is 34.4 Å². The topological polar surface area (TPSA) is 206 Å². The summed E-state index contributed by atoms with van der Waals surface area (Å²) in [5.74, 6) is -3.59. The van der Waals surface area contributed by atoms with E-state index in [0.717, 1.165) is 36.7 Å². The van der Waals surface area contributed by atoms with E-state index in [-0.39, 0.29) is 28.4 Å². The third-order valence-corrected chi connectivity index (χ3v) is 12.7. The fraction of sp³-hybridized carbons (Fsp3) is 0.318. The fourth-order valence-corrected chi connectivity index (χ4v) is 8.80. The van der Waals surface area contributed by atoms with Crippen LogP contribution in [-0.4, -0.2) is 74.7 Å². The first-order chi connectivity index (χ1) is 30.4. The van der Waals surface area contributed by atoms with Gasteiger partial charge in [0.05, 0.1) is 33.2 Å². The van der Waals surface area contributed by atoms with Gasteiger partial charge in [0.25, 0.3) is 21.5 Å². The number of carbonyl (C=O) groups excluding carboxylic acids is 2. The Balaban J connectivity index is 0.977. The van der Waals surface area contributed by atoms with Crippen LogP contribution in [-0.2, 0) is 37.8 Å². The van der Waals surface area contributed by atoms with Crippen molar-refractivity contribution in [3.8, 4) is 16.9 Å². The van der Waals surface area contributed by atoms with E-state index in [4.69, 9.17) is 9.47 Å². The molecule has 1 saturated heterocycles. The summed E-state index contributed by atoms with van der Waals surface area (Å²) in [7, 11) is -2.94. The number of sulfonamides is 1. The van der Waals surface area contributed by atoms with E-state index in [0.29, 0.717) is 66.2 Å². The van der Waals surface area contributed by atoms with Gasteiger partial charge >= 0.3 is 11.7 Å². The van der Waals surface area contributed by atoms with Gasteiger partial charge in [0.15, 0.2) is 0 Å². The molecule has 326 valence electrons. The van der Waals surface area contributed by atoms with Crippen LogP contribution in [0.5, 0.6) is 0 Å². The molecule has 0 spiro atoms. The minimum atomic E-state index is -4.43. The van der Waals surface area contributed by atoms with Crippen molar-refractivity contribution >= 4 is 38.5 Å². The number of pyridine rings is 2. The molecule has 1 amide bonds. The number of rotatable bonds is 12. The molecular formula is C44H42F2N8O8S. The van der Waals surface area contributed by atoms with Crippen molar-refractivity contribution in [3.05, 3.63) is 135 Å². The maximum Gasteiger partial charge on any atom is 0.337 e. The minimum Gasteiger partial charge on any atom is -0.461 e. The van der Waals surface area contributed by atoms with Crippen LogP contribution < -0.4 is 21.3 Å². The van der Waals surface area contributed by atoms with Crippen molar-refractivity contribution in [1.29, 1.82) is 0 Å². The SMILES string of the molecule is Cn1c(=O)n(-c2ccc(CC(NC(=O)c3cc(F)c(NS(=O)(=O)c4ccc(-c5cnc(C6CCOCC6)nc5)cc4)cc3F)C(=O)OC3CCCCC3)cn2)c(=O)c2ccncc21. The zero-order valence-electron chi connectivity index (χ0n) is 34.0. The summed E-state index contributed by atoms with van der Waals surface area (Å²) < 4.78 is 73.1. The van der Waals surface area contributed by atoms with Crippen molar-refractivity contribution < 1.29 is 36.3 Å². The van der Waals surface area contributed by atoms with Gasteiger partial charge in [-0.2, -0.15) is 0 Å². The first-order valence-corrected chi connectivity index (χ1v) is 21.9. The molecule has 2 aromatic carbocycles. The maximum atomic E-state index is 15.6. The van der Waals surface area contributed by atoms with E-state index >= 15 is 8.78 Å². The van der Waals surface area contributed by atoms with E-state index < -0.39 is 68.2 Å². The Morgan fingerprint density at radius 3 is 2.30 bits per heavy atom. The Bertz CT molecular complexity index is 2900. The molecule has 2 aliphatic rings. The van der Waals surface area contributed by atoms with Gasteiger partial charge in [0.1, 0.15) is 35.4 Å². The van der Waals surface area contributed by atoms with E-state index in [1.54, 1.807) is 24.5 Å². The monoisotopic (exact) mass is 880 g/mol. The molecule has 2 fully saturated rings. The summed E-state index contributed by atoms with van der Waals surface area (Å²) in [4.78, 5) is 70.6. The summed E-state index contributed by atoms with van der Waals surface area (Å²) >= 11 is 0. The van der Waals surface area contributed by atoms with Gasteiger partial charge in [-0.05, 0) is 80.0 Å². The molecule has 6 aromatic rings. The fourth-order valence-electron chi connectivity index (χ4n) is 7.74. The quantitative estimate of drug-likeness (QED) is 0.154. The van der Waals surface area contributed by atoms with Gasteiger partial charge in [-0.3, -0.25) is 23.9 Å². The lowest BCUT2D eigenvalue weighted by Gasteiger charge is -2.25. The molecule has 1 saturated carbocycles. The first-order valence-electron chi connectivity index (χ1n) is 20.4. The van der Waals surface area contributed by atoms with E-state index in [1.807, 2.05) is 4.72 Å². The second-order valence-corrected chi connectivity index (χ2v) is 17.2. The average molecular weight is 881 g/mol. The number of carbonyl (C=O) groups is 2. The molecule has 19 heteroatoms. The minimum absolute atomic E-state index is 0.000636. The third kappa shape index (κ3) is 9.39. The van der Waals surface area contributed by atoms with E-state index in [1.165, 1.54) is 60.5 Å². The van der Waals surface area contributed by atoms with E-state index in [2.05, 4.69) is 25.3 Å². The number of hydrogen-bond donors (Lipinski definition) is 2. The van der Waals surface area contributed by atoms with Crippen molar-refractivity contribution in [2.75, 3.05) is 17.9 Å². The Morgan fingerprint density at radius 1 is 0.873 bits per heavy atom. The van der Waals surface area contributed by atoms with Crippen molar-refractivity contribution in [2.24, 2.45) is 7.05 Å².